The van der Waals surface area contributed by atoms with Gasteiger partial charge in [-0.2, -0.15) is 0 Å². The molecule has 82 valence electrons. The van der Waals surface area contributed by atoms with Crippen LogP contribution in [-0.2, 0) is 0 Å². The van der Waals surface area contributed by atoms with E-state index >= 15 is 0 Å². The molecule has 1 fully saturated rings. The number of hydrogen-bond donors (Lipinski definition) is 2. The number of benzene rings is 1. The molecule has 0 atom stereocenters. The number of nitrogen functional groups attached to an aromatic ring is 1. The highest BCUT2D eigenvalue weighted by atomic mass is 16.3. The third kappa shape index (κ3) is 1.41. The Bertz CT molecular complexity index is 531. The molecule has 1 aliphatic rings. The van der Waals surface area contributed by atoms with Gasteiger partial charge in [-0.1, -0.05) is 0 Å². The van der Waals surface area contributed by atoms with Crippen molar-refractivity contribution in [2.45, 2.75) is 18.9 Å². The largest absolute Gasteiger partial charge is 0.506 e. The second-order valence-electron chi connectivity index (χ2n) is 4.07. The maximum Gasteiger partial charge on any atom is 0.164 e. The van der Waals surface area contributed by atoms with E-state index in [9.17, 15) is 5.11 Å². The number of phenols is 1. The van der Waals surface area contributed by atoms with E-state index in [0.29, 0.717) is 11.7 Å². The molecule has 0 spiro atoms. The average Bonchev–Trinajstić information content (AvgIpc) is 3.01. The van der Waals surface area contributed by atoms with Gasteiger partial charge in [-0.05, 0) is 31.0 Å². The molecule has 0 bridgehead atoms. The van der Waals surface area contributed by atoms with Crippen LogP contribution in [0.3, 0.4) is 0 Å². The Morgan fingerprint density at radius 1 is 1.38 bits per heavy atom. The highest BCUT2D eigenvalue weighted by Crippen LogP contribution is 2.38. The van der Waals surface area contributed by atoms with Gasteiger partial charge in [0.2, 0.25) is 0 Å². The van der Waals surface area contributed by atoms with E-state index < -0.39 is 0 Å². The minimum atomic E-state index is 0.0860. The number of aromatic nitrogens is 3. The van der Waals surface area contributed by atoms with Crippen LogP contribution in [0.1, 0.15) is 18.9 Å². The zero-order chi connectivity index (χ0) is 11.1. The summed E-state index contributed by atoms with van der Waals surface area (Å²) in [4.78, 5) is 0. The van der Waals surface area contributed by atoms with Crippen LogP contribution < -0.4 is 5.73 Å². The number of rotatable bonds is 2. The summed E-state index contributed by atoms with van der Waals surface area (Å²) in [6.45, 7) is 0. The van der Waals surface area contributed by atoms with Crippen LogP contribution in [0.15, 0.2) is 24.5 Å². The first-order valence-corrected chi connectivity index (χ1v) is 5.24. The fourth-order valence-electron chi connectivity index (χ4n) is 1.75. The summed E-state index contributed by atoms with van der Waals surface area (Å²) in [6.07, 6.45) is 4.08. The number of phenolic OH excluding ortho intramolecular Hbond substituents is 1. The highest BCUT2D eigenvalue weighted by molar-refractivity contribution is 5.65. The van der Waals surface area contributed by atoms with Crippen LogP contribution in [0.25, 0.3) is 11.4 Å². The molecule has 1 heterocycles. The summed E-state index contributed by atoms with van der Waals surface area (Å²) in [5, 5.41) is 17.6. The molecule has 3 rings (SSSR count). The molecule has 3 N–H and O–H groups in total. The van der Waals surface area contributed by atoms with E-state index in [4.69, 9.17) is 5.73 Å². The standard InChI is InChI=1S/C11H12N4O/c12-9-4-1-7(5-10(9)16)11-14-13-6-15(11)8-2-3-8/h1,4-6,8,16H,2-3,12H2. The van der Waals surface area contributed by atoms with Crippen LogP contribution in [0, 0.1) is 0 Å². The van der Waals surface area contributed by atoms with Gasteiger partial charge in [0.1, 0.15) is 12.1 Å². The van der Waals surface area contributed by atoms with Crippen molar-refractivity contribution in [3.8, 4) is 17.1 Å². The molecule has 1 aromatic carbocycles. The van der Waals surface area contributed by atoms with Gasteiger partial charge in [0.15, 0.2) is 5.82 Å². The van der Waals surface area contributed by atoms with E-state index in [-0.39, 0.29) is 5.75 Å². The van der Waals surface area contributed by atoms with Crippen LogP contribution >= 0.6 is 0 Å². The number of anilines is 1. The Hall–Kier alpha value is -2.04. The van der Waals surface area contributed by atoms with Gasteiger partial charge in [-0.15, -0.1) is 10.2 Å². The van der Waals surface area contributed by atoms with E-state index in [2.05, 4.69) is 10.2 Å². The van der Waals surface area contributed by atoms with Gasteiger partial charge in [0.05, 0.1) is 5.69 Å². The maximum absolute atomic E-state index is 9.56. The molecule has 0 radical (unpaired) electrons. The summed E-state index contributed by atoms with van der Waals surface area (Å²) in [5.74, 6) is 0.876. The first-order chi connectivity index (χ1) is 7.75. The van der Waals surface area contributed by atoms with Gasteiger partial charge in [0.25, 0.3) is 0 Å². The molecule has 2 aromatic rings. The lowest BCUT2D eigenvalue weighted by Crippen LogP contribution is -1.96. The monoisotopic (exact) mass is 216 g/mol. The molecule has 0 unspecified atom stereocenters. The summed E-state index contributed by atoms with van der Waals surface area (Å²) in [7, 11) is 0. The van der Waals surface area contributed by atoms with Gasteiger partial charge in [-0.25, -0.2) is 0 Å². The minimum absolute atomic E-state index is 0.0860. The van der Waals surface area contributed by atoms with Crippen LogP contribution in [-0.4, -0.2) is 19.9 Å². The molecule has 0 saturated heterocycles. The number of nitrogens with zero attached hydrogens (tertiary/aromatic N) is 3. The van der Waals surface area contributed by atoms with Crippen molar-refractivity contribution in [2.75, 3.05) is 5.73 Å². The Balaban J connectivity index is 2.07. The fraction of sp³-hybridized carbons (Fsp3) is 0.273. The molecule has 0 amide bonds. The Morgan fingerprint density at radius 3 is 2.88 bits per heavy atom. The van der Waals surface area contributed by atoms with Gasteiger partial charge in [-0.3, -0.25) is 0 Å². The van der Waals surface area contributed by atoms with E-state index in [0.717, 1.165) is 11.4 Å². The maximum atomic E-state index is 9.56. The zero-order valence-electron chi connectivity index (χ0n) is 8.67. The number of hydrogen-bond acceptors (Lipinski definition) is 4. The van der Waals surface area contributed by atoms with E-state index in [1.54, 1.807) is 18.5 Å². The second kappa shape index (κ2) is 3.23. The Morgan fingerprint density at radius 2 is 2.19 bits per heavy atom. The van der Waals surface area contributed by atoms with Crippen molar-refractivity contribution in [1.82, 2.24) is 14.8 Å². The molecular formula is C11H12N4O. The molecule has 5 nitrogen and oxygen atoms in total. The van der Waals surface area contributed by atoms with Crippen molar-refractivity contribution >= 4 is 5.69 Å². The predicted octanol–water partition coefficient (Wildman–Crippen LogP) is 1.57. The van der Waals surface area contributed by atoms with Crippen LogP contribution in [0.5, 0.6) is 5.75 Å². The lowest BCUT2D eigenvalue weighted by atomic mass is 10.2. The quantitative estimate of drug-likeness (QED) is 0.590. The fourth-order valence-corrected chi connectivity index (χ4v) is 1.75. The second-order valence-corrected chi connectivity index (χ2v) is 4.07. The zero-order valence-corrected chi connectivity index (χ0v) is 8.67. The topological polar surface area (TPSA) is 77.0 Å². The molecule has 1 aromatic heterocycles. The summed E-state index contributed by atoms with van der Waals surface area (Å²) < 4.78 is 2.05. The molecule has 0 aliphatic heterocycles. The first kappa shape index (κ1) is 9.21. The third-order valence-electron chi connectivity index (χ3n) is 2.80. The summed E-state index contributed by atoms with van der Waals surface area (Å²) in [5.41, 5.74) is 6.78. The Labute approximate surface area is 92.5 Å². The van der Waals surface area contributed by atoms with Crippen molar-refractivity contribution < 1.29 is 5.11 Å². The Kier molecular flexibility index (Phi) is 1.86. The smallest absolute Gasteiger partial charge is 0.164 e. The molecule has 16 heavy (non-hydrogen) atoms. The van der Waals surface area contributed by atoms with Crippen molar-refractivity contribution in [3.63, 3.8) is 0 Å². The third-order valence-corrected chi connectivity index (χ3v) is 2.80. The lowest BCUT2D eigenvalue weighted by molar-refractivity contribution is 0.478. The summed E-state index contributed by atoms with van der Waals surface area (Å²) >= 11 is 0. The van der Waals surface area contributed by atoms with Gasteiger partial charge >= 0.3 is 0 Å². The van der Waals surface area contributed by atoms with Crippen LogP contribution in [0.2, 0.25) is 0 Å². The predicted molar refractivity (Wildman–Crippen MR) is 59.8 cm³/mol. The lowest BCUT2D eigenvalue weighted by Gasteiger charge is -2.05. The molecule has 5 heteroatoms. The van der Waals surface area contributed by atoms with Gasteiger partial charge in [0, 0.05) is 11.6 Å². The van der Waals surface area contributed by atoms with Crippen molar-refractivity contribution in [3.05, 3.63) is 24.5 Å². The first-order valence-electron chi connectivity index (χ1n) is 5.24. The molecule has 1 saturated carbocycles. The average molecular weight is 216 g/mol. The van der Waals surface area contributed by atoms with Crippen LogP contribution in [0.4, 0.5) is 5.69 Å². The normalized spacial score (nSPS) is 15.2. The number of nitrogens with two attached hydrogens (primary N) is 1. The van der Waals surface area contributed by atoms with Crippen molar-refractivity contribution in [1.29, 1.82) is 0 Å². The SMILES string of the molecule is Nc1ccc(-c2nncn2C2CC2)cc1O. The van der Waals surface area contributed by atoms with Gasteiger partial charge < -0.3 is 15.4 Å². The van der Waals surface area contributed by atoms with E-state index in [1.807, 2.05) is 10.6 Å². The highest BCUT2D eigenvalue weighted by Gasteiger charge is 2.26. The number of aromatic hydroxyl groups is 1. The summed E-state index contributed by atoms with van der Waals surface area (Å²) in [6, 6.07) is 5.66. The molecular weight excluding hydrogens is 204 g/mol. The minimum Gasteiger partial charge on any atom is -0.506 e. The van der Waals surface area contributed by atoms with E-state index in [1.165, 1.54) is 12.8 Å². The molecule has 1 aliphatic carbocycles. The van der Waals surface area contributed by atoms with Crippen molar-refractivity contribution in [2.24, 2.45) is 0 Å².